The third-order valence-electron chi connectivity index (χ3n) is 8.33. The van der Waals surface area contributed by atoms with Gasteiger partial charge in [-0.3, -0.25) is 10.1 Å². The molecule has 4 heterocycles. The van der Waals surface area contributed by atoms with E-state index in [1.807, 2.05) is 37.1 Å². The minimum absolute atomic E-state index is 0.0116. The highest BCUT2D eigenvalue weighted by molar-refractivity contribution is 6.00. The highest BCUT2D eigenvalue weighted by Crippen LogP contribution is 2.41. The van der Waals surface area contributed by atoms with E-state index in [0.717, 1.165) is 68.8 Å². The van der Waals surface area contributed by atoms with Crippen LogP contribution in [-0.4, -0.2) is 78.8 Å². The summed E-state index contributed by atoms with van der Waals surface area (Å²) in [5.74, 6) is 0.842. The second kappa shape index (κ2) is 11.5. The second-order valence-corrected chi connectivity index (χ2v) is 11.4. The maximum atomic E-state index is 12.1. The highest BCUT2D eigenvalue weighted by Gasteiger charge is 2.26. The number of aryl methyl sites for hydroxylation is 2. The van der Waals surface area contributed by atoms with Crippen molar-refractivity contribution in [2.24, 2.45) is 0 Å². The van der Waals surface area contributed by atoms with Gasteiger partial charge in [0, 0.05) is 69.1 Å². The third kappa shape index (κ3) is 5.20. The van der Waals surface area contributed by atoms with Crippen LogP contribution < -0.4 is 19.9 Å². The van der Waals surface area contributed by atoms with Gasteiger partial charge in [-0.2, -0.15) is 0 Å². The molecule has 0 bridgehead atoms. The number of ether oxygens (including phenoxy) is 1. The van der Waals surface area contributed by atoms with Crippen LogP contribution in [0, 0.1) is 10.1 Å². The van der Waals surface area contributed by atoms with Crippen LogP contribution in [0.1, 0.15) is 24.8 Å². The molecule has 0 saturated carbocycles. The largest absolute Gasteiger partial charge is 0.494 e. The first-order valence-corrected chi connectivity index (χ1v) is 14.6. The number of hydrogen-bond donors (Lipinski definition) is 1. The molecule has 0 unspecified atom stereocenters. The maximum Gasteiger partial charge on any atom is 0.294 e. The summed E-state index contributed by atoms with van der Waals surface area (Å²) in [5, 5.41) is 16.6. The van der Waals surface area contributed by atoms with Gasteiger partial charge in [0.25, 0.3) is 5.69 Å². The average Bonchev–Trinajstić information content (AvgIpc) is 3.66. The van der Waals surface area contributed by atoms with Gasteiger partial charge in [0.15, 0.2) is 0 Å². The molecule has 0 amide bonds. The summed E-state index contributed by atoms with van der Waals surface area (Å²) >= 11 is 0. The Labute approximate surface area is 245 Å². The zero-order chi connectivity index (χ0) is 29.4. The van der Waals surface area contributed by atoms with Crippen molar-refractivity contribution >= 4 is 39.6 Å². The van der Waals surface area contributed by atoms with Crippen LogP contribution in [0.15, 0.2) is 42.7 Å². The number of anilines is 4. The van der Waals surface area contributed by atoms with E-state index in [4.69, 9.17) is 9.72 Å². The minimum Gasteiger partial charge on any atom is -0.494 e. The monoisotopic (exact) mass is 570 g/mol. The van der Waals surface area contributed by atoms with Crippen molar-refractivity contribution in [1.29, 1.82) is 0 Å². The SMILES string of the molecule is COc1cc(N(C)CCN(C)C)c([N+](=O)[O-])cc1Nc1ncc(N2CCCC2)c(-c2cn3c4c(cccc24)CCC3)n1. The van der Waals surface area contributed by atoms with Crippen molar-refractivity contribution < 1.29 is 9.66 Å². The lowest BCUT2D eigenvalue weighted by Gasteiger charge is -2.23. The van der Waals surface area contributed by atoms with Gasteiger partial charge in [-0.15, -0.1) is 0 Å². The van der Waals surface area contributed by atoms with Crippen molar-refractivity contribution in [3.05, 3.63) is 58.4 Å². The van der Waals surface area contributed by atoms with E-state index >= 15 is 0 Å². The summed E-state index contributed by atoms with van der Waals surface area (Å²) in [6, 6.07) is 9.75. The quantitative estimate of drug-likeness (QED) is 0.201. The predicted molar refractivity (Wildman–Crippen MR) is 167 cm³/mol. The molecule has 2 aromatic heterocycles. The smallest absolute Gasteiger partial charge is 0.294 e. The van der Waals surface area contributed by atoms with Crippen LogP contribution in [-0.2, 0) is 13.0 Å². The molecule has 11 heteroatoms. The van der Waals surface area contributed by atoms with Crippen LogP contribution in [0.25, 0.3) is 22.2 Å². The number of para-hydroxylation sites is 1. The predicted octanol–water partition coefficient (Wildman–Crippen LogP) is 5.30. The highest BCUT2D eigenvalue weighted by atomic mass is 16.6. The van der Waals surface area contributed by atoms with E-state index < -0.39 is 0 Å². The Morgan fingerprint density at radius 1 is 1.10 bits per heavy atom. The number of likely N-dealkylation sites (N-methyl/N-ethyl adjacent to an activating group) is 2. The van der Waals surface area contributed by atoms with Gasteiger partial charge in [-0.25, -0.2) is 9.97 Å². The maximum absolute atomic E-state index is 12.1. The lowest BCUT2D eigenvalue weighted by Crippen LogP contribution is -2.29. The van der Waals surface area contributed by atoms with Gasteiger partial charge in [-0.05, 0) is 45.3 Å². The summed E-state index contributed by atoms with van der Waals surface area (Å²) < 4.78 is 8.05. The fourth-order valence-corrected chi connectivity index (χ4v) is 6.13. The van der Waals surface area contributed by atoms with Gasteiger partial charge in [0.2, 0.25) is 5.95 Å². The second-order valence-electron chi connectivity index (χ2n) is 11.4. The number of aromatic nitrogens is 3. The number of nitrogens with one attached hydrogen (secondary N) is 1. The molecule has 42 heavy (non-hydrogen) atoms. The van der Waals surface area contributed by atoms with E-state index in [2.05, 4.69) is 44.2 Å². The molecular formula is C31H38N8O3. The van der Waals surface area contributed by atoms with E-state index in [1.165, 1.54) is 22.5 Å². The van der Waals surface area contributed by atoms with Crippen molar-refractivity contribution in [3.63, 3.8) is 0 Å². The molecule has 4 aromatic rings. The van der Waals surface area contributed by atoms with Crippen LogP contribution in [0.4, 0.5) is 28.7 Å². The molecule has 1 fully saturated rings. The lowest BCUT2D eigenvalue weighted by molar-refractivity contribution is -0.384. The Morgan fingerprint density at radius 3 is 2.64 bits per heavy atom. The summed E-state index contributed by atoms with van der Waals surface area (Å²) in [6.45, 7) is 4.31. The number of rotatable bonds is 10. The molecule has 6 rings (SSSR count). The first kappa shape index (κ1) is 27.8. The zero-order valence-electron chi connectivity index (χ0n) is 24.8. The number of benzene rings is 2. The summed E-state index contributed by atoms with van der Waals surface area (Å²) in [5.41, 5.74) is 6.53. The lowest BCUT2D eigenvalue weighted by atomic mass is 10.0. The number of nitro benzene ring substituents is 1. The van der Waals surface area contributed by atoms with E-state index in [-0.39, 0.29) is 10.6 Å². The topological polar surface area (TPSA) is 105 Å². The Kier molecular flexibility index (Phi) is 7.59. The Bertz CT molecular complexity index is 1630. The standard InChI is InChI=1S/C31H38N8O3/c1-35(2)15-16-36(3)25-18-28(42-4)24(17-26(25)39(40)41)33-31-32-19-27(37-12-5-6-13-37)29(34-31)23-20-38-14-8-10-21-9-7-11-22(23)30(21)38/h7,9,11,17-20H,5-6,8,10,12-16H2,1-4H3,(H,32,33,34). The van der Waals surface area contributed by atoms with Crippen LogP contribution in [0.2, 0.25) is 0 Å². The van der Waals surface area contributed by atoms with Crippen molar-refractivity contribution in [2.45, 2.75) is 32.2 Å². The molecule has 0 atom stereocenters. The van der Waals surface area contributed by atoms with Crippen LogP contribution >= 0.6 is 0 Å². The molecule has 11 nitrogen and oxygen atoms in total. The number of nitrogens with zero attached hydrogens (tertiary/aromatic N) is 7. The first-order chi connectivity index (χ1) is 20.3. The van der Waals surface area contributed by atoms with Crippen molar-refractivity contribution in [1.82, 2.24) is 19.4 Å². The van der Waals surface area contributed by atoms with Gasteiger partial charge in [-0.1, -0.05) is 18.2 Å². The third-order valence-corrected chi connectivity index (χ3v) is 8.33. The molecule has 220 valence electrons. The van der Waals surface area contributed by atoms with Crippen molar-refractivity contribution in [3.8, 4) is 17.0 Å². The summed E-state index contributed by atoms with van der Waals surface area (Å²) in [6.07, 6.45) is 8.59. The molecule has 2 aromatic carbocycles. The molecule has 0 spiro atoms. The Hall–Kier alpha value is -4.38. The molecule has 2 aliphatic heterocycles. The fourth-order valence-electron chi connectivity index (χ4n) is 6.13. The van der Waals surface area contributed by atoms with E-state index in [9.17, 15) is 10.1 Å². The van der Waals surface area contributed by atoms with E-state index in [0.29, 0.717) is 29.6 Å². The molecule has 2 aliphatic rings. The zero-order valence-corrected chi connectivity index (χ0v) is 24.8. The molecule has 1 N–H and O–H groups in total. The van der Waals surface area contributed by atoms with Crippen molar-refractivity contribution in [2.75, 3.05) is 69.5 Å². The van der Waals surface area contributed by atoms with E-state index in [1.54, 1.807) is 13.2 Å². The van der Waals surface area contributed by atoms with Crippen LogP contribution in [0.3, 0.4) is 0 Å². The Morgan fingerprint density at radius 2 is 1.90 bits per heavy atom. The summed E-state index contributed by atoms with van der Waals surface area (Å²) in [7, 11) is 7.36. The normalized spacial score (nSPS) is 14.5. The fraction of sp³-hybridized carbons (Fsp3) is 0.419. The molecule has 0 aliphatic carbocycles. The Balaban J connectivity index is 1.42. The number of nitro groups is 1. The molecule has 1 saturated heterocycles. The van der Waals surface area contributed by atoms with Crippen LogP contribution in [0.5, 0.6) is 5.75 Å². The van der Waals surface area contributed by atoms with Gasteiger partial charge in [0.1, 0.15) is 17.1 Å². The molecular weight excluding hydrogens is 532 g/mol. The summed E-state index contributed by atoms with van der Waals surface area (Å²) in [4.78, 5) is 27.8. The number of hydrogen-bond acceptors (Lipinski definition) is 9. The first-order valence-electron chi connectivity index (χ1n) is 14.6. The average molecular weight is 571 g/mol. The van der Waals surface area contributed by atoms with Gasteiger partial charge in [0.05, 0.1) is 35.1 Å². The number of methoxy groups -OCH3 is 1. The van der Waals surface area contributed by atoms with Gasteiger partial charge < -0.3 is 29.3 Å². The molecule has 0 radical (unpaired) electrons. The van der Waals surface area contributed by atoms with Gasteiger partial charge >= 0.3 is 0 Å². The minimum atomic E-state index is -0.358.